The molecule has 2 aromatic rings. The first-order valence-corrected chi connectivity index (χ1v) is 6.54. The lowest BCUT2D eigenvalue weighted by molar-refractivity contribution is -0.135. The third kappa shape index (κ3) is 3.52. The van der Waals surface area contributed by atoms with Crippen LogP contribution in [0.25, 0.3) is 0 Å². The maximum absolute atomic E-state index is 11.7. The van der Waals surface area contributed by atoms with Gasteiger partial charge in [0.1, 0.15) is 0 Å². The summed E-state index contributed by atoms with van der Waals surface area (Å²) in [6.45, 7) is 0. The second-order valence-corrected chi connectivity index (χ2v) is 5.17. The zero-order chi connectivity index (χ0) is 14.5. The fourth-order valence-corrected chi connectivity index (χ4v) is 2.52. The van der Waals surface area contributed by atoms with Gasteiger partial charge in [-0.2, -0.15) is 0 Å². The van der Waals surface area contributed by atoms with E-state index < -0.39 is 17.5 Å². The van der Waals surface area contributed by atoms with Crippen LogP contribution < -0.4 is 0 Å². The molecule has 5 nitrogen and oxygen atoms in total. The summed E-state index contributed by atoms with van der Waals surface area (Å²) in [7, 11) is 0. The number of aliphatic carboxylic acids is 1. The molecule has 0 aliphatic rings. The Balaban J connectivity index is 2.11. The Morgan fingerprint density at radius 3 is 2.50 bits per heavy atom. The van der Waals surface area contributed by atoms with Gasteiger partial charge in [-0.25, -0.2) is 4.79 Å². The molecule has 0 saturated heterocycles. The van der Waals surface area contributed by atoms with E-state index in [2.05, 4.69) is 4.98 Å². The van der Waals surface area contributed by atoms with E-state index in [0.29, 0.717) is 17.4 Å². The highest BCUT2D eigenvalue weighted by molar-refractivity contribution is 7.14. The molecule has 20 heavy (non-hydrogen) atoms. The van der Waals surface area contributed by atoms with Gasteiger partial charge in [0.2, 0.25) is 5.76 Å². The Morgan fingerprint density at radius 2 is 1.85 bits per heavy atom. The Hall–Kier alpha value is -2.47. The minimum atomic E-state index is -1.52. The fourth-order valence-electron chi connectivity index (χ4n) is 1.56. The summed E-state index contributed by atoms with van der Waals surface area (Å²) in [6, 6.07) is 7.20. The molecule has 2 aromatic heterocycles. The normalized spacial score (nSPS) is 11.3. The minimum Gasteiger partial charge on any atom is -0.502 e. The smallest absolute Gasteiger partial charge is 0.371 e. The fraction of sp³-hybridized carbons (Fsp3) is 0.0714. The van der Waals surface area contributed by atoms with Crippen LogP contribution in [0.2, 0.25) is 0 Å². The number of hydrogen-bond donors (Lipinski definition) is 2. The van der Waals surface area contributed by atoms with Crippen molar-refractivity contribution in [3.05, 3.63) is 63.8 Å². The molecular formula is C14H11NO4S. The molecule has 0 radical (unpaired) electrons. The molecule has 2 heterocycles. The SMILES string of the molecule is O=C(O)/C(O)=C/C(=O)c1ccc(Cc2ccncc2)s1. The number of nitrogens with zero attached hydrogens (tertiary/aromatic N) is 1. The Morgan fingerprint density at radius 1 is 1.15 bits per heavy atom. The minimum absolute atomic E-state index is 0.391. The molecule has 102 valence electrons. The lowest BCUT2D eigenvalue weighted by Gasteiger charge is -1.96. The average Bonchev–Trinajstić information content (AvgIpc) is 2.88. The lowest BCUT2D eigenvalue weighted by atomic mass is 10.2. The third-order valence-electron chi connectivity index (χ3n) is 2.52. The molecule has 6 heteroatoms. The second-order valence-electron chi connectivity index (χ2n) is 4.00. The highest BCUT2D eigenvalue weighted by Crippen LogP contribution is 2.20. The molecule has 0 amide bonds. The highest BCUT2D eigenvalue weighted by Gasteiger charge is 2.11. The van der Waals surface area contributed by atoms with Crippen LogP contribution in [0.5, 0.6) is 0 Å². The van der Waals surface area contributed by atoms with Crippen molar-refractivity contribution in [1.29, 1.82) is 0 Å². The van der Waals surface area contributed by atoms with Crippen molar-refractivity contribution in [1.82, 2.24) is 4.98 Å². The summed E-state index contributed by atoms with van der Waals surface area (Å²) in [4.78, 5) is 27.5. The van der Waals surface area contributed by atoms with E-state index in [4.69, 9.17) is 10.2 Å². The molecule has 0 unspecified atom stereocenters. The number of carbonyl (C=O) groups is 2. The first-order chi connectivity index (χ1) is 9.56. The van der Waals surface area contributed by atoms with Crippen molar-refractivity contribution in [2.24, 2.45) is 0 Å². The van der Waals surface area contributed by atoms with Crippen molar-refractivity contribution in [2.45, 2.75) is 6.42 Å². The van der Waals surface area contributed by atoms with Gasteiger partial charge in [0.25, 0.3) is 0 Å². The maximum Gasteiger partial charge on any atom is 0.371 e. The largest absolute Gasteiger partial charge is 0.502 e. The number of aliphatic hydroxyl groups excluding tert-OH is 1. The summed E-state index contributed by atoms with van der Waals surface area (Å²) in [6.07, 6.45) is 4.78. The molecule has 0 fully saturated rings. The number of carboxylic acids is 1. The Bertz CT molecular complexity index is 661. The number of hydrogen-bond acceptors (Lipinski definition) is 5. The van der Waals surface area contributed by atoms with Gasteiger partial charge in [-0.15, -0.1) is 11.3 Å². The Kier molecular flexibility index (Phi) is 4.27. The van der Waals surface area contributed by atoms with E-state index in [1.54, 1.807) is 18.5 Å². The zero-order valence-corrected chi connectivity index (χ0v) is 11.1. The summed E-state index contributed by atoms with van der Waals surface area (Å²) in [5.41, 5.74) is 1.07. The number of thiophene rings is 1. The Labute approximate surface area is 118 Å². The standard InChI is InChI=1S/C14H11NO4S/c16-11(8-12(17)14(18)19)13-2-1-10(20-13)7-9-3-5-15-6-4-9/h1-6,8,17H,7H2,(H,18,19)/b12-8-. The number of pyridine rings is 1. The molecule has 0 aliphatic carbocycles. The molecule has 0 aliphatic heterocycles. The monoisotopic (exact) mass is 289 g/mol. The van der Waals surface area contributed by atoms with E-state index in [1.165, 1.54) is 11.3 Å². The van der Waals surface area contributed by atoms with Crippen LogP contribution in [0, 0.1) is 0 Å². The molecule has 0 saturated carbocycles. The highest BCUT2D eigenvalue weighted by atomic mass is 32.1. The number of ketones is 1. The zero-order valence-electron chi connectivity index (χ0n) is 10.3. The predicted octanol–water partition coefficient (Wildman–Crippen LogP) is 2.44. The van der Waals surface area contributed by atoms with Gasteiger partial charge in [-0.3, -0.25) is 9.78 Å². The van der Waals surface area contributed by atoms with Gasteiger partial charge in [-0.1, -0.05) is 0 Å². The van der Waals surface area contributed by atoms with Crippen LogP contribution in [-0.4, -0.2) is 26.9 Å². The van der Waals surface area contributed by atoms with E-state index >= 15 is 0 Å². The second kappa shape index (κ2) is 6.12. The van der Waals surface area contributed by atoms with Gasteiger partial charge in [0.15, 0.2) is 5.78 Å². The summed E-state index contributed by atoms with van der Waals surface area (Å²) in [5, 5.41) is 17.5. The number of carbonyl (C=O) groups excluding carboxylic acids is 1. The summed E-state index contributed by atoms with van der Waals surface area (Å²) < 4.78 is 0. The summed E-state index contributed by atoms with van der Waals surface area (Å²) in [5.74, 6) is -3.00. The number of allylic oxidation sites excluding steroid dienone is 1. The molecule has 0 aromatic carbocycles. The number of carboxylic acid groups (broad SMARTS) is 1. The average molecular weight is 289 g/mol. The van der Waals surface area contributed by atoms with E-state index in [9.17, 15) is 9.59 Å². The third-order valence-corrected chi connectivity index (χ3v) is 3.62. The van der Waals surface area contributed by atoms with Gasteiger partial charge in [-0.05, 0) is 29.8 Å². The van der Waals surface area contributed by atoms with Crippen LogP contribution >= 0.6 is 11.3 Å². The molecule has 0 bridgehead atoms. The van der Waals surface area contributed by atoms with E-state index in [0.717, 1.165) is 10.4 Å². The van der Waals surface area contributed by atoms with Crippen LogP contribution in [-0.2, 0) is 11.2 Å². The quantitative estimate of drug-likeness (QED) is 0.501. The summed E-state index contributed by atoms with van der Waals surface area (Å²) >= 11 is 1.27. The molecule has 2 rings (SSSR count). The van der Waals surface area contributed by atoms with Gasteiger partial charge in [0, 0.05) is 29.8 Å². The molecule has 0 spiro atoms. The number of aromatic nitrogens is 1. The van der Waals surface area contributed by atoms with Gasteiger partial charge >= 0.3 is 5.97 Å². The first kappa shape index (κ1) is 14.0. The maximum atomic E-state index is 11.7. The van der Waals surface area contributed by atoms with E-state index in [1.807, 2.05) is 18.2 Å². The van der Waals surface area contributed by atoms with E-state index in [-0.39, 0.29) is 0 Å². The topological polar surface area (TPSA) is 87.5 Å². The van der Waals surface area contributed by atoms with Crippen LogP contribution in [0.4, 0.5) is 0 Å². The van der Waals surface area contributed by atoms with Crippen molar-refractivity contribution in [3.63, 3.8) is 0 Å². The van der Waals surface area contributed by atoms with Crippen LogP contribution in [0.1, 0.15) is 20.1 Å². The van der Waals surface area contributed by atoms with Crippen molar-refractivity contribution in [3.8, 4) is 0 Å². The van der Waals surface area contributed by atoms with Crippen LogP contribution in [0.15, 0.2) is 48.5 Å². The lowest BCUT2D eigenvalue weighted by Crippen LogP contribution is -2.02. The first-order valence-electron chi connectivity index (χ1n) is 5.72. The van der Waals surface area contributed by atoms with Crippen molar-refractivity contribution < 1.29 is 19.8 Å². The van der Waals surface area contributed by atoms with Gasteiger partial charge < -0.3 is 10.2 Å². The van der Waals surface area contributed by atoms with Crippen molar-refractivity contribution in [2.75, 3.05) is 0 Å². The van der Waals surface area contributed by atoms with Crippen molar-refractivity contribution >= 4 is 23.1 Å². The molecule has 2 N–H and O–H groups in total. The number of aliphatic hydroxyl groups is 1. The predicted molar refractivity (Wildman–Crippen MR) is 74.0 cm³/mol. The molecular weight excluding hydrogens is 278 g/mol. The molecule has 0 atom stereocenters. The van der Waals surface area contributed by atoms with Gasteiger partial charge in [0.05, 0.1) is 4.88 Å². The van der Waals surface area contributed by atoms with Crippen LogP contribution in [0.3, 0.4) is 0 Å². The number of rotatable bonds is 5.